The van der Waals surface area contributed by atoms with Crippen LogP contribution in [0.15, 0.2) is 0 Å². The van der Waals surface area contributed by atoms with Crippen LogP contribution in [0.2, 0.25) is 0 Å². The van der Waals surface area contributed by atoms with Gasteiger partial charge in [0.25, 0.3) is 0 Å². The predicted molar refractivity (Wildman–Crippen MR) is 85.9 cm³/mol. The van der Waals surface area contributed by atoms with Gasteiger partial charge in [0, 0.05) is 0 Å². The van der Waals surface area contributed by atoms with Crippen molar-refractivity contribution in [3.8, 4) is 0 Å². The van der Waals surface area contributed by atoms with Crippen LogP contribution in [0.1, 0.15) is 26.7 Å². The van der Waals surface area contributed by atoms with Crippen LogP contribution in [0.3, 0.4) is 0 Å². The molecule has 0 bridgehead atoms. The van der Waals surface area contributed by atoms with Gasteiger partial charge in [-0.25, -0.2) is 0 Å². The largest absolute Gasteiger partial charge is 0.394 e. The van der Waals surface area contributed by atoms with E-state index >= 15 is 0 Å². The Morgan fingerprint density at radius 1 is 0.885 bits per heavy atom. The van der Waals surface area contributed by atoms with Gasteiger partial charge in [-0.05, 0) is 13.3 Å². The average molecular weight is 382 g/mol. The maximum atomic E-state index is 10.5. The zero-order valence-corrected chi connectivity index (χ0v) is 14.9. The number of aliphatic hydroxyl groups is 7. The zero-order chi connectivity index (χ0) is 19.6. The Kier molecular flexibility index (Phi) is 7.36. The lowest BCUT2D eigenvalue weighted by molar-refractivity contribution is -0.351. The fourth-order valence-corrected chi connectivity index (χ4v) is 3.59. The van der Waals surface area contributed by atoms with E-state index in [1.54, 1.807) is 6.92 Å². The second kappa shape index (κ2) is 8.74. The number of aliphatic hydroxyl groups excluding tert-OH is 7. The number of rotatable bonds is 6. The highest BCUT2D eigenvalue weighted by atomic mass is 16.7. The molecule has 154 valence electrons. The highest BCUT2D eigenvalue weighted by Gasteiger charge is 2.53. The fraction of sp³-hybridized carbons (Fsp3) is 1.00. The molecule has 26 heavy (non-hydrogen) atoms. The summed E-state index contributed by atoms with van der Waals surface area (Å²) in [6.07, 6.45) is -11.5. The van der Waals surface area contributed by atoms with Crippen molar-refractivity contribution in [2.75, 3.05) is 13.2 Å². The van der Waals surface area contributed by atoms with E-state index in [4.69, 9.17) is 14.2 Å². The SMILES string of the molecule is CCC[C@@]1(C)O[C@@H](CO)C(OC2OC(CO)C(O)C(O)C2O)C(O)C1O. The van der Waals surface area contributed by atoms with E-state index in [9.17, 15) is 35.7 Å². The van der Waals surface area contributed by atoms with Gasteiger partial charge in [-0.15, -0.1) is 0 Å². The van der Waals surface area contributed by atoms with Gasteiger partial charge in [0.1, 0.15) is 48.8 Å². The summed E-state index contributed by atoms with van der Waals surface area (Å²) in [6, 6.07) is 0. The first kappa shape index (κ1) is 21.9. The van der Waals surface area contributed by atoms with E-state index in [1.165, 1.54) is 0 Å². The molecule has 2 fully saturated rings. The molecule has 10 heteroatoms. The van der Waals surface area contributed by atoms with Crippen molar-refractivity contribution in [3.05, 3.63) is 0 Å². The van der Waals surface area contributed by atoms with E-state index in [0.717, 1.165) is 0 Å². The van der Waals surface area contributed by atoms with Crippen LogP contribution in [-0.2, 0) is 14.2 Å². The highest BCUT2D eigenvalue weighted by Crippen LogP contribution is 2.36. The summed E-state index contributed by atoms with van der Waals surface area (Å²) in [6.45, 7) is 2.36. The molecule has 2 heterocycles. The normalized spacial score (nSPS) is 50.0. The van der Waals surface area contributed by atoms with Crippen molar-refractivity contribution in [3.63, 3.8) is 0 Å². The molecule has 0 aliphatic carbocycles. The third-order valence-corrected chi connectivity index (χ3v) is 5.14. The van der Waals surface area contributed by atoms with Gasteiger partial charge in [0.2, 0.25) is 0 Å². The lowest BCUT2D eigenvalue weighted by atomic mass is 9.83. The Bertz CT molecular complexity index is 447. The van der Waals surface area contributed by atoms with Crippen molar-refractivity contribution in [1.29, 1.82) is 0 Å². The summed E-state index contributed by atoms with van der Waals surface area (Å²) in [5, 5.41) is 69.5. The zero-order valence-electron chi connectivity index (χ0n) is 14.9. The monoisotopic (exact) mass is 382 g/mol. The molecule has 0 saturated carbocycles. The summed E-state index contributed by atoms with van der Waals surface area (Å²) in [5.74, 6) is 0. The minimum atomic E-state index is -1.67. The Balaban J connectivity index is 2.16. The molecule has 2 aliphatic heterocycles. The minimum absolute atomic E-state index is 0.439. The van der Waals surface area contributed by atoms with Crippen molar-refractivity contribution in [1.82, 2.24) is 0 Å². The predicted octanol–water partition coefficient (Wildman–Crippen LogP) is -3.16. The van der Waals surface area contributed by atoms with E-state index in [1.807, 2.05) is 6.92 Å². The molecular formula is C16H30O10. The van der Waals surface area contributed by atoms with E-state index in [0.29, 0.717) is 12.8 Å². The molecule has 10 nitrogen and oxygen atoms in total. The second-order valence-electron chi connectivity index (χ2n) is 7.13. The first-order valence-corrected chi connectivity index (χ1v) is 8.81. The van der Waals surface area contributed by atoms with E-state index < -0.39 is 73.9 Å². The first-order valence-electron chi connectivity index (χ1n) is 8.81. The molecule has 7 N–H and O–H groups in total. The van der Waals surface area contributed by atoms with Crippen molar-refractivity contribution in [2.24, 2.45) is 0 Å². The summed E-state index contributed by atoms with van der Waals surface area (Å²) < 4.78 is 16.5. The van der Waals surface area contributed by atoms with Crippen LogP contribution in [0.25, 0.3) is 0 Å². The van der Waals surface area contributed by atoms with Crippen molar-refractivity contribution >= 4 is 0 Å². The number of hydrogen-bond donors (Lipinski definition) is 7. The molecule has 0 radical (unpaired) electrons. The molecular weight excluding hydrogens is 352 g/mol. The van der Waals surface area contributed by atoms with E-state index in [-0.39, 0.29) is 0 Å². The molecule has 0 aromatic rings. The summed E-state index contributed by atoms with van der Waals surface area (Å²) >= 11 is 0. The van der Waals surface area contributed by atoms with Gasteiger partial charge in [-0.1, -0.05) is 13.3 Å². The molecule has 2 rings (SSSR count). The van der Waals surface area contributed by atoms with Crippen LogP contribution < -0.4 is 0 Å². The Morgan fingerprint density at radius 2 is 1.50 bits per heavy atom. The van der Waals surface area contributed by atoms with Crippen LogP contribution in [0.5, 0.6) is 0 Å². The lowest BCUT2D eigenvalue weighted by Crippen LogP contribution is -2.67. The Morgan fingerprint density at radius 3 is 2.04 bits per heavy atom. The molecule has 0 amide bonds. The van der Waals surface area contributed by atoms with Crippen molar-refractivity contribution in [2.45, 2.75) is 87.4 Å². The van der Waals surface area contributed by atoms with Gasteiger partial charge in [-0.3, -0.25) is 0 Å². The molecule has 8 unspecified atom stereocenters. The molecule has 0 aromatic carbocycles. The lowest BCUT2D eigenvalue weighted by Gasteiger charge is -2.50. The molecule has 10 atom stereocenters. The maximum absolute atomic E-state index is 10.5. The summed E-state index contributed by atoms with van der Waals surface area (Å²) in [5.41, 5.74) is -1.09. The van der Waals surface area contributed by atoms with Gasteiger partial charge in [0.15, 0.2) is 6.29 Å². The maximum Gasteiger partial charge on any atom is 0.187 e. The van der Waals surface area contributed by atoms with Crippen molar-refractivity contribution < 1.29 is 50.0 Å². The number of hydrogen-bond acceptors (Lipinski definition) is 10. The van der Waals surface area contributed by atoms with E-state index in [2.05, 4.69) is 0 Å². The third kappa shape index (κ3) is 4.04. The quantitative estimate of drug-likeness (QED) is 0.249. The minimum Gasteiger partial charge on any atom is -0.394 e. The second-order valence-corrected chi connectivity index (χ2v) is 7.13. The van der Waals surface area contributed by atoms with Gasteiger partial charge < -0.3 is 50.0 Å². The van der Waals surface area contributed by atoms with Crippen LogP contribution in [-0.4, -0.2) is 110 Å². The van der Waals surface area contributed by atoms with Crippen LogP contribution >= 0.6 is 0 Å². The average Bonchev–Trinajstić information content (AvgIpc) is 2.62. The van der Waals surface area contributed by atoms with Crippen LogP contribution in [0.4, 0.5) is 0 Å². The third-order valence-electron chi connectivity index (χ3n) is 5.14. The van der Waals surface area contributed by atoms with Crippen LogP contribution in [0, 0.1) is 0 Å². The summed E-state index contributed by atoms with van der Waals surface area (Å²) in [4.78, 5) is 0. The Labute approximate surface area is 151 Å². The first-order chi connectivity index (χ1) is 12.2. The smallest absolute Gasteiger partial charge is 0.187 e. The molecule has 0 spiro atoms. The van der Waals surface area contributed by atoms with Gasteiger partial charge >= 0.3 is 0 Å². The Hall–Kier alpha value is -0.400. The fourth-order valence-electron chi connectivity index (χ4n) is 3.59. The molecule has 2 aliphatic rings. The number of ether oxygens (including phenoxy) is 3. The topological polar surface area (TPSA) is 169 Å². The standard InChI is InChI=1S/C16H30O10/c1-3-4-16(2)14(23)12(22)13(8(6-18)26-16)25-15-11(21)10(20)9(19)7(5-17)24-15/h7-15,17-23H,3-6H2,1-2H3/t7?,8-,9?,10?,11?,12?,13?,14?,15?,16+/m0/s1. The molecule has 0 aromatic heterocycles. The summed E-state index contributed by atoms with van der Waals surface area (Å²) in [7, 11) is 0. The highest BCUT2D eigenvalue weighted by molar-refractivity contribution is 5.01. The van der Waals surface area contributed by atoms with Gasteiger partial charge in [-0.2, -0.15) is 0 Å². The molecule has 2 saturated heterocycles. The van der Waals surface area contributed by atoms with Gasteiger partial charge in [0.05, 0.1) is 18.8 Å².